The molecule has 62 valence electrons. The third-order valence-electron chi connectivity index (χ3n) is 2.14. The fraction of sp³-hybridized carbons (Fsp3) is 0.222. The summed E-state index contributed by atoms with van der Waals surface area (Å²) in [5, 5.41) is 12.0. The van der Waals surface area contributed by atoms with Crippen molar-refractivity contribution in [1.82, 2.24) is 0 Å². The molecule has 0 atom stereocenters. The van der Waals surface area contributed by atoms with E-state index >= 15 is 0 Å². The maximum Gasteiger partial charge on any atom is 0.0885 e. The van der Waals surface area contributed by atoms with Gasteiger partial charge in [-0.1, -0.05) is 33.2 Å². The molecule has 3 heteroatoms. The Morgan fingerprint density at radius 1 is 1.33 bits per heavy atom. The molecule has 0 aromatic heterocycles. The van der Waals surface area contributed by atoms with E-state index in [4.69, 9.17) is 5.21 Å². The van der Waals surface area contributed by atoms with Crippen LogP contribution in [0.3, 0.4) is 0 Å². The van der Waals surface area contributed by atoms with Gasteiger partial charge >= 0.3 is 0 Å². The van der Waals surface area contributed by atoms with E-state index in [-0.39, 0.29) is 0 Å². The molecule has 0 unspecified atom stereocenters. The van der Waals surface area contributed by atoms with Crippen molar-refractivity contribution < 1.29 is 5.21 Å². The molecule has 12 heavy (non-hydrogen) atoms. The zero-order chi connectivity index (χ0) is 8.55. The second-order valence-corrected chi connectivity index (χ2v) is 3.67. The van der Waals surface area contributed by atoms with Crippen LogP contribution in [0.5, 0.6) is 0 Å². The van der Waals surface area contributed by atoms with Crippen molar-refractivity contribution in [1.29, 1.82) is 0 Å². The molecule has 1 aliphatic carbocycles. The number of hydrogen-bond donors (Lipinski definition) is 1. The molecule has 1 N–H and O–H groups in total. The summed E-state index contributed by atoms with van der Waals surface area (Å²) in [6, 6.07) is 6.04. The van der Waals surface area contributed by atoms with Crippen molar-refractivity contribution in [2.24, 2.45) is 5.16 Å². The highest BCUT2D eigenvalue weighted by atomic mass is 79.9. The first-order chi connectivity index (χ1) is 5.83. The lowest BCUT2D eigenvalue weighted by Crippen LogP contribution is -1.94. The summed E-state index contributed by atoms with van der Waals surface area (Å²) >= 11 is 3.44. The average Bonchev–Trinajstić information content (AvgIpc) is 2.49. The standard InChI is InChI=1S/C9H8BrNO/c10-7-3-1-2-6-4-5-8(11-12)9(6)7/h1-3,12H,4-5H2. The van der Waals surface area contributed by atoms with Gasteiger partial charge in [0, 0.05) is 10.0 Å². The maximum absolute atomic E-state index is 8.70. The van der Waals surface area contributed by atoms with Crippen LogP contribution in [0.1, 0.15) is 17.5 Å². The molecule has 0 heterocycles. The van der Waals surface area contributed by atoms with Gasteiger partial charge in [0.25, 0.3) is 0 Å². The Bertz CT molecular complexity index is 346. The molecule has 0 amide bonds. The molecule has 0 saturated heterocycles. The van der Waals surface area contributed by atoms with Gasteiger partial charge in [-0.3, -0.25) is 0 Å². The van der Waals surface area contributed by atoms with Crippen molar-refractivity contribution >= 4 is 21.6 Å². The van der Waals surface area contributed by atoms with E-state index in [9.17, 15) is 0 Å². The van der Waals surface area contributed by atoms with E-state index in [2.05, 4.69) is 27.2 Å². The maximum atomic E-state index is 8.70. The molecule has 0 aliphatic heterocycles. The minimum absolute atomic E-state index is 0.789. The topological polar surface area (TPSA) is 32.6 Å². The molecule has 1 aromatic carbocycles. The number of fused-ring (bicyclic) bond motifs is 1. The Kier molecular flexibility index (Phi) is 1.89. The first kappa shape index (κ1) is 7.80. The van der Waals surface area contributed by atoms with Crippen molar-refractivity contribution in [3.8, 4) is 0 Å². The lowest BCUT2D eigenvalue weighted by atomic mass is 10.1. The lowest BCUT2D eigenvalue weighted by Gasteiger charge is -2.00. The van der Waals surface area contributed by atoms with Crippen LogP contribution in [0, 0.1) is 0 Å². The molecule has 2 rings (SSSR count). The van der Waals surface area contributed by atoms with E-state index in [1.807, 2.05) is 12.1 Å². The van der Waals surface area contributed by atoms with Crippen LogP contribution in [-0.2, 0) is 6.42 Å². The molecule has 0 saturated carbocycles. The first-order valence-electron chi connectivity index (χ1n) is 3.81. The van der Waals surface area contributed by atoms with E-state index < -0.39 is 0 Å². The number of nitrogens with zero attached hydrogens (tertiary/aromatic N) is 1. The van der Waals surface area contributed by atoms with Gasteiger partial charge in [-0.25, -0.2) is 0 Å². The number of oxime groups is 1. The Hall–Kier alpha value is -0.830. The molecule has 2 nitrogen and oxygen atoms in total. The predicted molar refractivity (Wildman–Crippen MR) is 50.8 cm³/mol. The second kappa shape index (κ2) is 2.90. The third-order valence-corrected chi connectivity index (χ3v) is 2.80. The molecule has 1 aliphatic rings. The van der Waals surface area contributed by atoms with Gasteiger partial charge in [0.2, 0.25) is 0 Å². The summed E-state index contributed by atoms with van der Waals surface area (Å²) in [6.07, 6.45) is 1.82. The molecule has 0 radical (unpaired) electrons. The third kappa shape index (κ3) is 1.05. The van der Waals surface area contributed by atoms with Gasteiger partial charge in [0.1, 0.15) is 0 Å². The zero-order valence-corrected chi connectivity index (χ0v) is 8.00. The summed E-state index contributed by atoms with van der Waals surface area (Å²) in [7, 11) is 0. The fourth-order valence-corrected chi connectivity index (χ4v) is 2.21. The Balaban J connectivity index is 2.63. The van der Waals surface area contributed by atoms with Crippen LogP contribution in [-0.4, -0.2) is 10.9 Å². The number of aryl methyl sites for hydroxylation is 1. The Morgan fingerprint density at radius 2 is 2.17 bits per heavy atom. The monoisotopic (exact) mass is 225 g/mol. The molecule has 1 aromatic rings. The van der Waals surface area contributed by atoms with Crippen LogP contribution in [0.4, 0.5) is 0 Å². The van der Waals surface area contributed by atoms with E-state index in [0.29, 0.717) is 0 Å². The average molecular weight is 226 g/mol. The highest BCUT2D eigenvalue weighted by Crippen LogP contribution is 2.29. The molecular formula is C9H8BrNO. The van der Waals surface area contributed by atoms with Gasteiger partial charge in [-0.15, -0.1) is 0 Å². The summed E-state index contributed by atoms with van der Waals surface area (Å²) < 4.78 is 1.02. The van der Waals surface area contributed by atoms with Crippen molar-refractivity contribution in [2.75, 3.05) is 0 Å². The smallest absolute Gasteiger partial charge is 0.0885 e. The van der Waals surface area contributed by atoms with Crippen LogP contribution >= 0.6 is 15.9 Å². The Labute approximate surface area is 79.0 Å². The molecule has 0 bridgehead atoms. The molecule has 0 spiro atoms. The number of rotatable bonds is 0. The SMILES string of the molecule is ON=C1CCc2cccc(Br)c21. The largest absolute Gasteiger partial charge is 0.411 e. The summed E-state index contributed by atoms with van der Waals surface area (Å²) in [6.45, 7) is 0. The summed E-state index contributed by atoms with van der Waals surface area (Å²) in [5.74, 6) is 0. The van der Waals surface area contributed by atoms with Gasteiger partial charge in [-0.2, -0.15) is 0 Å². The second-order valence-electron chi connectivity index (χ2n) is 2.82. The van der Waals surface area contributed by atoms with Crippen molar-refractivity contribution in [2.45, 2.75) is 12.8 Å². The number of hydrogen-bond acceptors (Lipinski definition) is 2. The minimum atomic E-state index is 0.789. The van der Waals surface area contributed by atoms with Gasteiger partial charge in [0.15, 0.2) is 0 Å². The first-order valence-corrected chi connectivity index (χ1v) is 4.61. The normalized spacial score (nSPS) is 18.2. The van der Waals surface area contributed by atoms with Crippen molar-refractivity contribution in [3.63, 3.8) is 0 Å². The quantitative estimate of drug-likeness (QED) is 0.535. The lowest BCUT2D eigenvalue weighted by molar-refractivity contribution is 0.318. The van der Waals surface area contributed by atoms with E-state index in [1.165, 1.54) is 5.56 Å². The summed E-state index contributed by atoms with van der Waals surface area (Å²) in [4.78, 5) is 0. The molecule has 0 fully saturated rings. The van der Waals surface area contributed by atoms with Crippen LogP contribution < -0.4 is 0 Å². The van der Waals surface area contributed by atoms with Crippen LogP contribution in [0.2, 0.25) is 0 Å². The number of halogens is 1. The predicted octanol–water partition coefficient (Wildman–Crippen LogP) is 2.57. The van der Waals surface area contributed by atoms with Crippen molar-refractivity contribution in [3.05, 3.63) is 33.8 Å². The Morgan fingerprint density at radius 3 is 2.92 bits per heavy atom. The molecular weight excluding hydrogens is 218 g/mol. The highest BCUT2D eigenvalue weighted by Gasteiger charge is 2.19. The zero-order valence-electron chi connectivity index (χ0n) is 6.42. The number of benzene rings is 1. The van der Waals surface area contributed by atoms with Gasteiger partial charge < -0.3 is 5.21 Å². The highest BCUT2D eigenvalue weighted by molar-refractivity contribution is 9.10. The van der Waals surface area contributed by atoms with E-state index in [1.54, 1.807) is 0 Å². The summed E-state index contributed by atoms with van der Waals surface area (Å²) in [5.41, 5.74) is 3.12. The van der Waals surface area contributed by atoms with Crippen LogP contribution in [0.15, 0.2) is 27.8 Å². The van der Waals surface area contributed by atoms with Crippen LogP contribution in [0.25, 0.3) is 0 Å². The van der Waals surface area contributed by atoms with E-state index in [0.717, 1.165) is 28.6 Å². The van der Waals surface area contributed by atoms with Gasteiger partial charge in [-0.05, 0) is 24.5 Å². The minimum Gasteiger partial charge on any atom is -0.411 e. The fourth-order valence-electron chi connectivity index (χ4n) is 1.58. The van der Waals surface area contributed by atoms with Gasteiger partial charge in [0.05, 0.1) is 5.71 Å².